The minimum absolute atomic E-state index is 0.677. The van der Waals surface area contributed by atoms with Crippen molar-refractivity contribution >= 4 is 5.70 Å². The van der Waals surface area contributed by atoms with E-state index < -0.39 is 0 Å². The lowest BCUT2D eigenvalue weighted by Gasteiger charge is -2.17. The molecule has 0 saturated heterocycles. The second-order valence-corrected chi connectivity index (χ2v) is 6.33. The van der Waals surface area contributed by atoms with Crippen molar-refractivity contribution in [3.8, 4) is 0 Å². The quantitative estimate of drug-likeness (QED) is 0.756. The van der Waals surface area contributed by atoms with Gasteiger partial charge in [0, 0.05) is 12.7 Å². The fourth-order valence-corrected chi connectivity index (χ4v) is 3.11. The van der Waals surface area contributed by atoms with Crippen LogP contribution in [0.2, 0.25) is 0 Å². The zero-order valence-corrected chi connectivity index (χ0v) is 14.0. The van der Waals surface area contributed by atoms with Crippen LogP contribution in [0.1, 0.15) is 55.7 Å². The van der Waals surface area contributed by atoms with Crippen LogP contribution in [-0.4, -0.2) is 20.6 Å². The zero-order valence-electron chi connectivity index (χ0n) is 14.0. The Kier molecular flexibility index (Phi) is 5.86. The van der Waals surface area contributed by atoms with Crippen LogP contribution in [0, 0.1) is 5.92 Å². The highest BCUT2D eigenvalue weighted by Crippen LogP contribution is 2.42. The maximum Gasteiger partial charge on any atom is 0.0370 e. The van der Waals surface area contributed by atoms with E-state index in [1.54, 1.807) is 11.1 Å². The Morgan fingerprint density at radius 1 is 1.33 bits per heavy atom. The van der Waals surface area contributed by atoms with Gasteiger partial charge < -0.3 is 10.6 Å². The van der Waals surface area contributed by atoms with Crippen molar-refractivity contribution in [3.63, 3.8) is 0 Å². The molecule has 1 aromatic carbocycles. The Bertz CT molecular complexity index is 486. The second kappa shape index (κ2) is 7.65. The summed E-state index contributed by atoms with van der Waals surface area (Å²) in [5.74, 6) is 1.50. The molecule has 0 amide bonds. The average molecular weight is 286 g/mol. The highest BCUT2D eigenvalue weighted by atomic mass is 14.8. The summed E-state index contributed by atoms with van der Waals surface area (Å²) in [4.78, 5) is 0. The molecule has 1 atom stereocenters. The van der Waals surface area contributed by atoms with Crippen LogP contribution < -0.4 is 10.6 Å². The lowest BCUT2D eigenvalue weighted by molar-refractivity contribution is 0.540. The normalized spacial score (nSPS) is 16.9. The fourth-order valence-electron chi connectivity index (χ4n) is 3.11. The van der Waals surface area contributed by atoms with Gasteiger partial charge in [-0.1, -0.05) is 32.1 Å². The van der Waals surface area contributed by atoms with Crippen molar-refractivity contribution < 1.29 is 0 Å². The van der Waals surface area contributed by atoms with Gasteiger partial charge in [-0.15, -0.1) is 0 Å². The summed E-state index contributed by atoms with van der Waals surface area (Å²) in [7, 11) is 4.05. The first-order chi connectivity index (χ1) is 10.2. The molecule has 0 aromatic heterocycles. The fraction of sp³-hybridized carbons (Fsp3) is 0.579. The molecule has 2 rings (SSSR count). The van der Waals surface area contributed by atoms with E-state index in [9.17, 15) is 0 Å². The Morgan fingerprint density at radius 3 is 2.67 bits per heavy atom. The van der Waals surface area contributed by atoms with E-state index in [1.807, 2.05) is 14.1 Å². The lowest BCUT2D eigenvalue weighted by Crippen LogP contribution is -2.18. The molecule has 0 heterocycles. The lowest BCUT2D eigenvalue weighted by atomic mass is 9.92. The summed E-state index contributed by atoms with van der Waals surface area (Å²) in [5.41, 5.74) is 5.72. The van der Waals surface area contributed by atoms with Crippen LogP contribution in [0.25, 0.3) is 5.70 Å². The smallest absolute Gasteiger partial charge is 0.0370 e. The standard InChI is InChI=1S/C19H30N2/c1-5-6-19(21-4)16-9-10-18(15-7-8-15)17(12-16)11-14(2)13-20-3/h6,9-10,12,14-15,20-21H,5,7-8,11,13H2,1-4H3/b19-6-. The maximum atomic E-state index is 3.34. The van der Waals surface area contributed by atoms with Crippen LogP contribution >= 0.6 is 0 Å². The molecule has 1 fully saturated rings. The zero-order chi connectivity index (χ0) is 15.2. The van der Waals surface area contributed by atoms with Crippen molar-refractivity contribution in [2.45, 2.75) is 45.4 Å². The molecule has 1 saturated carbocycles. The molecule has 0 bridgehead atoms. The molecule has 2 nitrogen and oxygen atoms in total. The second-order valence-electron chi connectivity index (χ2n) is 6.33. The van der Waals surface area contributed by atoms with Crippen molar-refractivity contribution in [3.05, 3.63) is 41.0 Å². The summed E-state index contributed by atoms with van der Waals surface area (Å²) in [6.45, 7) is 5.60. The molecule has 0 radical (unpaired) electrons. The van der Waals surface area contributed by atoms with Crippen LogP contribution in [0.3, 0.4) is 0 Å². The average Bonchev–Trinajstić information content (AvgIpc) is 3.29. The van der Waals surface area contributed by atoms with Crippen molar-refractivity contribution in [1.29, 1.82) is 0 Å². The van der Waals surface area contributed by atoms with Crippen molar-refractivity contribution in [2.24, 2.45) is 5.92 Å². The molecule has 1 unspecified atom stereocenters. The van der Waals surface area contributed by atoms with E-state index in [1.165, 1.54) is 30.5 Å². The summed E-state index contributed by atoms with van der Waals surface area (Å²) in [6, 6.07) is 7.07. The minimum Gasteiger partial charge on any atom is -0.388 e. The third-order valence-electron chi connectivity index (χ3n) is 4.27. The highest BCUT2D eigenvalue weighted by molar-refractivity contribution is 5.65. The molecule has 2 heteroatoms. The SMILES string of the molecule is CC/C=C(\NC)c1ccc(C2CC2)c(CC(C)CNC)c1. The van der Waals surface area contributed by atoms with Gasteiger partial charge in [-0.25, -0.2) is 0 Å². The molecule has 2 N–H and O–H groups in total. The van der Waals surface area contributed by atoms with E-state index in [4.69, 9.17) is 0 Å². The molecule has 21 heavy (non-hydrogen) atoms. The molecule has 1 aliphatic carbocycles. The van der Waals surface area contributed by atoms with E-state index in [2.05, 4.69) is 48.8 Å². The molecule has 0 spiro atoms. The number of hydrogen-bond donors (Lipinski definition) is 2. The molecular weight excluding hydrogens is 256 g/mol. The van der Waals surface area contributed by atoms with Gasteiger partial charge in [0.05, 0.1) is 0 Å². The number of benzene rings is 1. The molecule has 116 valence electrons. The van der Waals surface area contributed by atoms with Gasteiger partial charge in [0.2, 0.25) is 0 Å². The Morgan fingerprint density at radius 2 is 2.10 bits per heavy atom. The predicted molar refractivity (Wildman–Crippen MR) is 92.5 cm³/mol. The summed E-state index contributed by atoms with van der Waals surface area (Å²) in [6.07, 6.45) is 7.25. The van der Waals surface area contributed by atoms with E-state index in [-0.39, 0.29) is 0 Å². The summed E-state index contributed by atoms with van der Waals surface area (Å²) < 4.78 is 0. The van der Waals surface area contributed by atoms with E-state index >= 15 is 0 Å². The highest BCUT2D eigenvalue weighted by Gasteiger charge is 2.26. The molecule has 1 aromatic rings. The van der Waals surface area contributed by atoms with Gasteiger partial charge in [0.1, 0.15) is 0 Å². The van der Waals surface area contributed by atoms with Crippen molar-refractivity contribution in [1.82, 2.24) is 10.6 Å². The van der Waals surface area contributed by atoms with Crippen LogP contribution in [0.5, 0.6) is 0 Å². The Labute approximate surface area is 130 Å². The predicted octanol–water partition coefficient (Wildman–Crippen LogP) is 3.93. The summed E-state index contributed by atoms with van der Waals surface area (Å²) >= 11 is 0. The van der Waals surface area contributed by atoms with Gasteiger partial charge in [-0.3, -0.25) is 0 Å². The largest absolute Gasteiger partial charge is 0.388 e. The van der Waals surface area contributed by atoms with Gasteiger partial charge in [-0.2, -0.15) is 0 Å². The van der Waals surface area contributed by atoms with Gasteiger partial charge in [0.15, 0.2) is 0 Å². The first kappa shape index (κ1) is 16.1. The molecule has 1 aliphatic rings. The minimum atomic E-state index is 0.677. The topological polar surface area (TPSA) is 24.1 Å². The number of nitrogens with one attached hydrogen (secondary N) is 2. The maximum absolute atomic E-state index is 3.34. The third kappa shape index (κ3) is 4.34. The molecular formula is C19H30N2. The number of allylic oxidation sites excluding steroid dienone is 1. The van der Waals surface area contributed by atoms with Crippen molar-refractivity contribution in [2.75, 3.05) is 20.6 Å². The first-order valence-electron chi connectivity index (χ1n) is 8.35. The number of hydrogen-bond acceptors (Lipinski definition) is 2. The first-order valence-corrected chi connectivity index (χ1v) is 8.35. The van der Waals surface area contributed by atoms with E-state index in [0.29, 0.717) is 5.92 Å². The van der Waals surface area contributed by atoms with E-state index in [0.717, 1.165) is 18.9 Å². The van der Waals surface area contributed by atoms with Crippen LogP contribution in [-0.2, 0) is 6.42 Å². The summed E-state index contributed by atoms with van der Waals surface area (Å²) in [5, 5.41) is 6.64. The van der Waals surface area contributed by atoms with Gasteiger partial charge in [0.25, 0.3) is 0 Å². The van der Waals surface area contributed by atoms with Gasteiger partial charge >= 0.3 is 0 Å². The Hall–Kier alpha value is -1.28. The van der Waals surface area contributed by atoms with Gasteiger partial charge in [-0.05, 0) is 73.9 Å². The molecule has 0 aliphatic heterocycles. The monoisotopic (exact) mass is 286 g/mol. The Balaban J connectivity index is 2.27. The number of rotatable bonds is 8. The third-order valence-corrected chi connectivity index (χ3v) is 4.27. The van der Waals surface area contributed by atoms with Crippen LogP contribution in [0.4, 0.5) is 0 Å². The van der Waals surface area contributed by atoms with Crippen LogP contribution in [0.15, 0.2) is 24.3 Å².